The maximum atomic E-state index is 12.7. The standard InChI is InChI=1S/C22H22N6O2/c29-20(16-6-4-9-18(14-16)26-21-23-11-5-12-24-21)25-19-10-13-28(15-19)22(30)27-17-7-2-1-3-8-17/h1-9,11-12,14,19H,10,13,15H2,(H,25,29)(H,27,30)(H,23,24,26). The molecule has 1 aliphatic rings. The number of aromatic nitrogens is 2. The van der Waals surface area contributed by atoms with Crippen molar-refractivity contribution in [2.45, 2.75) is 12.5 Å². The van der Waals surface area contributed by atoms with E-state index in [4.69, 9.17) is 0 Å². The van der Waals surface area contributed by atoms with E-state index < -0.39 is 0 Å². The largest absolute Gasteiger partial charge is 0.347 e. The average Bonchev–Trinajstić information content (AvgIpc) is 3.24. The number of rotatable bonds is 5. The van der Waals surface area contributed by atoms with Crippen molar-refractivity contribution in [2.75, 3.05) is 23.7 Å². The van der Waals surface area contributed by atoms with Gasteiger partial charge < -0.3 is 20.9 Å². The van der Waals surface area contributed by atoms with Crippen molar-refractivity contribution in [3.63, 3.8) is 0 Å². The highest BCUT2D eigenvalue weighted by Crippen LogP contribution is 2.16. The molecule has 4 rings (SSSR count). The van der Waals surface area contributed by atoms with Crippen molar-refractivity contribution >= 4 is 29.3 Å². The van der Waals surface area contributed by atoms with Crippen LogP contribution in [0.5, 0.6) is 0 Å². The summed E-state index contributed by atoms with van der Waals surface area (Å²) in [7, 11) is 0. The summed E-state index contributed by atoms with van der Waals surface area (Å²) in [5.41, 5.74) is 2.01. The van der Waals surface area contributed by atoms with E-state index in [1.54, 1.807) is 41.6 Å². The Balaban J connectivity index is 1.32. The van der Waals surface area contributed by atoms with Crippen molar-refractivity contribution in [2.24, 2.45) is 0 Å². The molecule has 0 saturated carbocycles. The van der Waals surface area contributed by atoms with Crippen molar-refractivity contribution in [1.82, 2.24) is 20.2 Å². The summed E-state index contributed by atoms with van der Waals surface area (Å²) in [6, 6.07) is 18.0. The normalized spacial score (nSPS) is 15.5. The summed E-state index contributed by atoms with van der Waals surface area (Å²) >= 11 is 0. The third-order valence-corrected chi connectivity index (χ3v) is 4.78. The highest BCUT2D eigenvalue weighted by atomic mass is 16.2. The number of nitrogens with one attached hydrogen (secondary N) is 3. The van der Waals surface area contributed by atoms with Gasteiger partial charge >= 0.3 is 6.03 Å². The Hall–Kier alpha value is -3.94. The lowest BCUT2D eigenvalue weighted by Crippen LogP contribution is -2.39. The maximum absolute atomic E-state index is 12.7. The molecule has 1 saturated heterocycles. The Labute approximate surface area is 174 Å². The minimum atomic E-state index is -0.178. The van der Waals surface area contributed by atoms with Crippen molar-refractivity contribution in [3.05, 3.63) is 78.6 Å². The molecule has 1 unspecified atom stereocenters. The van der Waals surface area contributed by atoms with Gasteiger partial charge in [0.1, 0.15) is 0 Å². The number of urea groups is 1. The van der Waals surface area contributed by atoms with Gasteiger partial charge in [-0.25, -0.2) is 14.8 Å². The molecule has 1 aliphatic heterocycles. The molecule has 1 fully saturated rings. The lowest BCUT2D eigenvalue weighted by molar-refractivity contribution is 0.0938. The molecule has 1 atom stereocenters. The molecule has 3 amide bonds. The van der Waals surface area contributed by atoms with Crippen LogP contribution in [0.2, 0.25) is 0 Å². The maximum Gasteiger partial charge on any atom is 0.321 e. The van der Waals surface area contributed by atoms with Gasteiger partial charge in [0, 0.05) is 48.5 Å². The van der Waals surface area contributed by atoms with Crippen LogP contribution in [0, 0.1) is 0 Å². The second kappa shape index (κ2) is 9.04. The molecule has 2 heterocycles. The summed E-state index contributed by atoms with van der Waals surface area (Å²) in [5.74, 6) is 0.286. The van der Waals surface area contributed by atoms with E-state index in [9.17, 15) is 9.59 Å². The number of benzene rings is 2. The number of carbonyl (C=O) groups excluding carboxylic acids is 2. The first-order valence-electron chi connectivity index (χ1n) is 9.73. The topological polar surface area (TPSA) is 99.2 Å². The Bertz CT molecular complexity index is 1010. The molecule has 3 N–H and O–H groups in total. The first kappa shape index (κ1) is 19.4. The number of hydrogen-bond donors (Lipinski definition) is 3. The third kappa shape index (κ3) is 4.91. The van der Waals surface area contributed by atoms with Crippen LogP contribution in [0.1, 0.15) is 16.8 Å². The highest BCUT2D eigenvalue weighted by Gasteiger charge is 2.27. The van der Waals surface area contributed by atoms with Gasteiger partial charge in [-0.3, -0.25) is 4.79 Å². The van der Waals surface area contributed by atoms with Gasteiger partial charge in [0.15, 0.2) is 0 Å². The van der Waals surface area contributed by atoms with Crippen LogP contribution in [-0.2, 0) is 0 Å². The molecule has 152 valence electrons. The van der Waals surface area contributed by atoms with Crippen LogP contribution >= 0.6 is 0 Å². The van der Waals surface area contributed by atoms with Crippen molar-refractivity contribution in [1.29, 1.82) is 0 Å². The zero-order chi connectivity index (χ0) is 20.8. The van der Waals surface area contributed by atoms with Gasteiger partial charge in [-0.05, 0) is 42.8 Å². The SMILES string of the molecule is O=C(NC1CCN(C(=O)Nc2ccccc2)C1)c1cccc(Nc2ncccn2)c1. The quantitative estimate of drug-likeness (QED) is 0.608. The minimum Gasteiger partial charge on any atom is -0.347 e. The number of hydrogen-bond acceptors (Lipinski definition) is 5. The van der Waals surface area contributed by atoms with Gasteiger partial charge in [-0.15, -0.1) is 0 Å². The predicted octanol–water partition coefficient (Wildman–Crippen LogP) is 3.26. The Morgan fingerprint density at radius 1 is 0.933 bits per heavy atom. The summed E-state index contributed by atoms with van der Waals surface area (Å²) < 4.78 is 0. The predicted molar refractivity (Wildman–Crippen MR) is 115 cm³/mol. The highest BCUT2D eigenvalue weighted by molar-refractivity contribution is 5.95. The lowest BCUT2D eigenvalue weighted by atomic mass is 10.1. The molecule has 0 spiro atoms. The van der Waals surface area contributed by atoms with E-state index in [0.29, 0.717) is 31.0 Å². The second-order valence-corrected chi connectivity index (χ2v) is 6.98. The van der Waals surface area contributed by atoms with E-state index >= 15 is 0 Å². The van der Waals surface area contributed by atoms with Crippen LogP contribution in [-0.4, -0.2) is 45.9 Å². The Morgan fingerprint density at radius 3 is 2.50 bits per heavy atom. The van der Waals surface area contributed by atoms with Crippen molar-refractivity contribution < 1.29 is 9.59 Å². The second-order valence-electron chi connectivity index (χ2n) is 6.98. The summed E-state index contributed by atoms with van der Waals surface area (Å²) in [6.45, 7) is 1.07. The van der Waals surface area contributed by atoms with Gasteiger partial charge in [0.25, 0.3) is 5.91 Å². The van der Waals surface area contributed by atoms with E-state index in [1.165, 1.54) is 0 Å². The molecule has 8 nitrogen and oxygen atoms in total. The number of likely N-dealkylation sites (tertiary alicyclic amines) is 1. The van der Waals surface area contributed by atoms with E-state index in [2.05, 4.69) is 25.9 Å². The molecule has 0 aliphatic carbocycles. The van der Waals surface area contributed by atoms with E-state index in [0.717, 1.165) is 11.4 Å². The van der Waals surface area contributed by atoms with Crippen molar-refractivity contribution in [3.8, 4) is 0 Å². The van der Waals surface area contributed by atoms with Crippen LogP contribution in [0.4, 0.5) is 22.1 Å². The molecule has 0 bridgehead atoms. The molecule has 1 aromatic heterocycles. The number of para-hydroxylation sites is 1. The first-order valence-corrected chi connectivity index (χ1v) is 9.73. The molecular formula is C22H22N6O2. The van der Waals surface area contributed by atoms with E-state index in [-0.39, 0.29) is 18.0 Å². The van der Waals surface area contributed by atoms with Gasteiger partial charge in [-0.2, -0.15) is 0 Å². The number of amides is 3. The molecular weight excluding hydrogens is 380 g/mol. The third-order valence-electron chi connectivity index (χ3n) is 4.78. The monoisotopic (exact) mass is 402 g/mol. The first-order chi connectivity index (χ1) is 14.7. The Kier molecular flexibility index (Phi) is 5.84. The van der Waals surface area contributed by atoms with Gasteiger partial charge in [0.2, 0.25) is 5.95 Å². The smallest absolute Gasteiger partial charge is 0.321 e. The lowest BCUT2D eigenvalue weighted by Gasteiger charge is -2.18. The number of anilines is 3. The van der Waals surface area contributed by atoms with Gasteiger partial charge in [0.05, 0.1) is 0 Å². The molecule has 0 radical (unpaired) electrons. The number of nitrogens with zero attached hydrogens (tertiary/aromatic N) is 3. The fourth-order valence-corrected chi connectivity index (χ4v) is 3.29. The summed E-state index contributed by atoms with van der Waals surface area (Å²) in [4.78, 5) is 35.1. The molecule has 3 aromatic rings. The summed E-state index contributed by atoms with van der Waals surface area (Å²) in [5, 5.41) is 8.96. The number of carbonyl (C=O) groups is 2. The molecule has 30 heavy (non-hydrogen) atoms. The fourth-order valence-electron chi connectivity index (χ4n) is 3.29. The zero-order valence-corrected chi connectivity index (χ0v) is 16.3. The van der Waals surface area contributed by atoms with Crippen LogP contribution in [0.25, 0.3) is 0 Å². The van der Waals surface area contributed by atoms with Crippen LogP contribution in [0.3, 0.4) is 0 Å². The van der Waals surface area contributed by atoms with Crippen LogP contribution < -0.4 is 16.0 Å². The summed E-state index contributed by atoms with van der Waals surface area (Å²) in [6.07, 6.45) is 4.00. The Morgan fingerprint density at radius 2 is 1.70 bits per heavy atom. The minimum absolute atomic E-state index is 0.0897. The average molecular weight is 402 g/mol. The molecule has 8 heteroatoms. The molecule has 2 aromatic carbocycles. The van der Waals surface area contributed by atoms with Crippen LogP contribution in [0.15, 0.2) is 73.1 Å². The fraction of sp³-hybridized carbons (Fsp3) is 0.182. The van der Waals surface area contributed by atoms with Gasteiger partial charge in [-0.1, -0.05) is 24.3 Å². The van der Waals surface area contributed by atoms with E-state index in [1.807, 2.05) is 36.4 Å². The zero-order valence-electron chi connectivity index (χ0n) is 16.3.